The minimum absolute atomic E-state index is 0.262. The van der Waals surface area contributed by atoms with Gasteiger partial charge in [-0.25, -0.2) is 4.98 Å². The third kappa shape index (κ3) is 1.85. The molecule has 0 saturated heterocycles. The highest BCUT2D eigenvalue weighted by atomic mass is 79.9. The van der Waals surface area contributed by atoms with E-state index in [1.165, 1.54) is 9.75 Å². The van der Waals surface area contributed by atoms with Crippen molar-refractivity contribution in [3.05, 3.63) is 25.8 Å². The SMILES string of the molecule is Cc1sc(C2(C#N)CC2)nc1-c1ccc(Br)s1. The van der Waals surface area contributed by atoms with Gasteiger partial charge in [0.05, 0.1) is 20.4 Å². The molecule has 0 amide bonds. The molecule has 86 valence electrons. The summed E-state index contributed by atoms with van der Waals surface area (Å²) in [6.07, 6.45) is 1.92. The van der Waals surface area contributed by atoms with E-state index in [-0.39, 0.29) is 5.41 Å². The Balaban J connectivity index is 2.06. The Morgan fingerprint density at radius 2 is 2.18 bits per heavy atom. The zero-order valence-corrected chi connectivity index (χ0v) is 12.4. The van der Waals surface area contributed by atoms with E-state index in [4.69, 9.17) is 0 Å². The van der Waals surface area contributed by atoms with Crippen LogP contribution in [0.15, 0.2) is 15.9 Å². The van der Waals surface area contributed by atoms with Crippen LogP contribution in [0.25, 0.3) is 10.6 Å². The van der Waals surface area contributed by atoms with E-state index < -0.39 is 0 Å². The lowest BCUT2D eigenvalue weighted by atomic mass is 10.1. The minimum Gasteiger partial charge on any atom is -0.238 e. The lowest BCUT2D eigenvalue weighted by molar-refractivity contribution is 0.891. The fraction of sp³-hybridized carbons (Fsp3) is 0.333. The maximum Gasteiger partial charge on any atom is 0.114 e. The molecule has 1 aliphatic carbocycles. The Hall–Kier alpha value is -0.700. The molecule has 1 saturated carbocycles. The van der Waals surface area contributed by atoms with Gasteiger partial charge >= 0.3 is 0 Å². The van der Waals surface area contributed by atoms with Crippen molar-refractivity contribution in [1.29, 1.82) is 5.26 Å². The van der Waals surface area contributed by atoms with Crippen LogP contribution in [0.5, 0.6) is 0 Å². The summed E-state index contributed by atoms with van der Waals surface area (Å²) in [4.78, 5) is 7.06. The summed E-state index contributed by atoms with van der Waals surface area (Å²) in [5, 5.41) is 10.2. The molecule has 1 fully saturated rings. The number of halogens is 1. The van der Waals surface area contributed by atoms with E-state index in [1.54, 1.807) is 22.7 Å². The highest BCUT2D eigenvalue weighted by molar-refractivity contribution is 9.11. The topological polar surface area (TPSA) is 36.7 Å². The number of thiophene rings is 1. The van der Waals surface area contributed by atoms with Gasteiger partial charge in [-0.2, -0.15) is 5.26 Å². The summed E-state index contributed by atoms with van der Waals surface area (Å²) in [6.45, 7) is 2.08. The van der Waals surface area contributed by atoms with Crippen molar-refractivity contribution in [2.45, 2.75) is 25.2 Å². The number of rotatable bonds is 2. The number of aromatic nitrogens is 1. The zero-order valence-electron chi connectivity index (χ0n) is 9.16. The molecule has 0 atom stereocenters. The van der Waals surface area contributed by atoms with E-state index in [0.717, 1.165) is 27.3 Å². The average Bonchev–Trinajstić information content (AvgIpc) is 2.85. The Morgan fingerprint density at radius 3 is 2.71 bits per heavy atom. The van der Waals surface area contributed by atoms with Gasteiger partial charge in [-0.05, 0) is 47.8 Å². The first kappa shape index (κ1) is 11.4. The lowest BCUT2D eigenvalue weighted by Crippen LogP contribution is -2.00. The summed E-state index contributed by atoms with van der Waals surface area (Å²) in [5.74, 6) is 0. The molecule has 0 radical (unpaired) electrons. The monoisotopic (exact) mass is 324 g/mol. The second kappa shape index (κ2) is 3.91. The van der Waals surface area contributed by atoms with Crippen LogP contribution in [0.4, 0.5) is 0 Å². The van der Waals surface area contributed by atoms with Crippen LogP contribution in [0.2, 0.25) is 0 Å². The first-order valence-electron chi connectivity index (χ1n) is 5.29. The van der Waals surface area contributed by atoms with Crippen molar-refractivity contribution in [2.75, 3.05) is 0 Å². The smallest absolute Gasteiger partial charge is 0.114 e. The molecule has 0 aliphatic heterocycles. The zero-order chi connectivity index (χ0) is 12.0. The molecule has 2 aromatic rings. The summed E-state index contributed by atoms with van der Waals surface area (Å²) in [7, 11) is 0. The van der Waals surface area contributed by atoms with Crippen LogP contribution < -0.4 is 0 Å². The fourth-order valence-electron chi connectivity index (χ4n) is 1.77. The number of nitriles is 1. The maximum atomic E-state index is 9.20. The van der Waals surface area contributed by atoms with Crippen molar-refractivity contribution in [3.8, 4) is 16.6 Å². The van der Waals surface area contributed by atoms with E-state index in [2.05, 4.69) is 40.0 Å². The fourth-order valence-corrected chi connectivity index (χ4v) is 4.39. The van der Waals surface area contributed by atoms with Gasteiger partial charge in [0.25, 0.3) is 0 Å². The van der Waals surface area contributed by atoms with Gasteiger partial charge in [0, 0.05) is 4.88 Å². The maximum absolute atomic E-state index is 9.20. The molecule has 3 rings (SSSR count). The highest BCUT2D eigenvalue weighted by Crippen LogP contribution is 2.50. The highest BCUT2D eigenvalue weighted by Gasteiger charge is 2.48. The van der Waals surface area contributed by atoms with Crippen LogP contribution in [0.1, 0.15) is 22.7 Å². The molecular weight excluding hydrogens is 316 g/mol. The second-order valence-electron chi connectivity index (χ2n) is 4.22. The van der Waals surface area contributed by atoms with Crippen molar-refractivity contribution in [3.63, 3.8) is 0 Å². The van der Waals surface area contributed by atoms with E-state index in [9.17, 15) is 5.26 Å². The van der Waals surface area contributed by atoms with Crippen LogP contribution in [0, 0.1) is 18.3 Å². The molecule has 0 aromatic carbocycles. The van der Waals surface area contributed by atoms with Crippen LogP contribution in [-0.4, -0.2) is 4.98 Å². The van der Waals surface area contributed by atoms with E-state index >= 15 is 0 Å². The number of aryl methyl sites for hydroxylation is 1. The molecule has 2 heterocycles. The van der Waals surface area contributed by atoms with Gasteiger partial charge in [-0.15, -0.1) is 22.7 Å². The largest absolute Gasteiger partial charge is 0.238 e. The average molecular weight is 325 g/mol. The normalized spacial score (nSPS) is 16.8. The Morgan fingerprint density at radius 1 is 1.41 bits per heavy atom. The standard InChI is InChI=1S/C12H9BrN2S2/c1-7-10(8-2-3-9(13)17-8)15-11(16-7)12(6-14)4-5-12/h2-3H,4-5H2,1H3. The molecule has 0 spiro atoms. The number of hydrogen-bond acceptors (Lipinski definition) is 4. The Bertz CT molecular complexity index is 617. The van der Waals surface area contributed by atoms with E-state index in [1.807, 2.05) is 6.07 Å². The summed E-state index contributed by atoms with van der Waals surface area (Å²) >= 11 is 6.82. The van der Waals surface area contributed by atoms with Gasteiger partial charge < -0.3 is 0 Å². The third-order valence-electron chi connectivity index (χ3n) is 2.98. The molecule has 0 unspecified atom stereocenters. The van der Waals surface area contributed by atoms with Crippen molar-refractivity contribution in [2.24, 2.45) is 0 Å². The van der Waals surface area contributed by atoms with Crippen LogP contribution in [-0.2, 0) is 5.41 Å². The third-order valence-corrected chi connectivity index (χ3v) is 5.78. The number of nitrogens with zero attached hydrogens (tertiary/aromatic N) is 2. The number of thiazole rings is 1. The molecule has 17 heavy (non-hydrogen) atoms. The van der Waals surface area contributed by atoms with Gasteiger partial charge in [0.1, 0.15) is 10.4 Å². The van der Waals surface area contributed by atoms with Crippen LogP contribution in [0.3, 0.4) is 0 Å². The van der Waals surface area contributed by atoms with Gasteiger partial charge in [0.2, 0.25) is 0 Å². The summed E-state index contributed by atoms with van der Waals surface area (Å²) < 4.78 is 1.11. The quantitative estimate of drug-likeness (QED) is 0.815. The minimum atomic E-state index is -0.262. The summed E-state index contributed by atoms with van der Waals surface area (Å²) in [6, 6.07) is 6.52. The molecule has 1 aliphatic rings. The Kier molecular flexibility index (Phi) is 2.62. The lowest BCUT2D eigenvalue weighted by Gasteiger charge is -1.97. The molecule has 2 aromatic heterocycles. The predicted octanol–water partition coefficient (Wildman–Crippen LogP) is 4.50. The molecule has 5 heteroatoms. The van der Waals surface area contributed by atoms with Gasteiger partial charge in [-0.1, -0.05) is 0 Å². The summed E-state index contributed by atoms with van der Waals surface area (Å²) in [5.41, 5.74) is 0.782. The molecular formula is C12H9BrN2S2. The van der Waals surface area contributed by atoms with Crippen molar-refractivity contribution >= 4 is 38.6 Å². The molecule has 2 nitrogen and oxygen atoms in total. The number of hydrogen-bond donors (Lipinski definition) is 0. The Labute approximate surface area is 116 Å². The second-order valence-corrected chi connectivity index (χ2v) is 7.89. The van der Waals surface area contributed by atoms with E-state index in [0.29, 0.717) is 0 Å². The van der Waals surface area contributed by atoms with Crippen molar-refractivity contribution in [1.82, 2.24) is 4.98 Å². The van der Waals surface area contributed by atoms with Gasteiger partial charge in [-0.3, -0.25) is 0 Å². The first-order valence-corrected chi connectivity index (χ1v) is 7.72. The van der Waals surface area contributed by atoms with Gasteiger partial charge in [0.15, 0.2) is 0 Å². The predicted molar refractivity (Wildman–Crippen MR) is 74.4 cm³/mol. The molecule has 0 N–H and O–H groups in total. The molecule has 0 bridgehead atoms. The first-order chi connectivity index (χ1) is 8.14. The van der Waals surface area contributed by atoms with Crippen molar-refractivity contribution < 1.29 is 0 Å². The van der Waals surface area contributed by atoms with Crippen LogP contribution >= 0.6 is 38.6 Å².